The van der Waals surface area contributed by atoms with E-state index in [2.05, 4.69) is 45.0 Å². The van der Waals surface area contributed by atoms with E-state index in [0.29, 0.717) is 32.3 Å². The first kappa shape index (κ1) is 21.3. The van der Waals surface area contributed by atoms with Gasteiger partial charge in [0, 0.05) is 25.3 Å². The lowest BCUT2D eigenvalue weighted by molar-refractivity contribution is 0.164. The molecule has 0 aliphatic rings. The van der Waals surface area contributed by atoms with E-state index in [4.69, 9.17) is 18.9 Å². The van der Waals surface area contributed by atoms with Crippen LogP contribution in [0.3, 0.4) is 0 Å². The lowest BCUT2D eigenvalue weighted by Crippen LogP contribution is -2.12. The Balaban J connectivity index is 2.00. The van der Waals surface area contributed by atoms with E-state index < -0.39 is 0 Å². The predicted molar refractivity (Wildman–Crippen MR) is 109 cm³/mol. The van der Waals surface area contributed by atoms with E-state index in [9.17, 15) is 0 Å². The van der Waals surface area contributed by atoms with Crippen molar-refractivity contribution in [3.63, 3.8) is 0 Å². The molecule has 2 rings (SSSR count). The summed E-state index contributed by atoms with van der Waals surface area (Å²) in [7, 11) is 3.38. The van der Waals surface area contributed by atoms with Gasteiger partial charge in [-0.1, -0.05) is 43.7 Å². The summed E-state index contributed by atoms with van der Waals surface area (Å²) < 4.78 is 22.6. The molecule has 2 aromatic rings. The molecule has 148 valence electrons. The van der Waals surface area contributed by atoms with Crippen LogP contribution < -0.4 is 9.47 Å². The van der Waals surface area contributed by atoms with Crippen LogP contribution >= 0.6 is 0 Å². The molecule has 2 aromatic carbocycles. The zero-order valence-electron chi connectivity index (χ0n) is 17.2. The van der Waals surface area contributed by atoms with Crippen molar-refractivity contribution in [1.29, 1.82) is 0 Å². The lowest BCUT2D eigenvalue weighted by Gasteiger charge is -2.17. The van der Waals surface area contributed by atoms with E-state index in [1.165, 1.54) is 11.1 Å². The number of hydrogen-bond donors (Lipinski definition) is 0. The van der Waals surface area contributed by atoms with Crippen molar-refractivity contribution in [2.24, 2.45) is 0 Å². The smallest absolute Gasteiger partial charge is 0.130 e. The van der Waals surface area contributed by atoms with Crippen molar-refractivity contribution in [3.8, 4) is 11.5 Å². The van der Waals surface area contributed by atoms with E-state index >= 15 is 0 Å². The number of hydrogen-bond acceptors (Lipinski definition) is 4. The maximum atomic E-state index is 6.06. The van der Waals surface area contributed by atoms with E-state index in [1.807, 2.05) is 12.1 Å². The summed E-state index contributed by atoms with van der Waals surface area (Å²) in [5.74, 6) is 2.25. The molecule has 0 aromatic heterocycles. The fraction of sp³-hybridized carbons (Fsp3) is 0.478. The van der Waals surface area contributed by atoms with Crippen molar-refractivity contribution in [2.45, 2.75) is 46.3 Å². The third-order valence-corrected chi connectivity index (χ3v) is 4.62. The number of methoxy groups -OCH3 is 2. The molecular weight excluding hydrogens is 340 g/mol. The van der Waals surface area contributed by atoms with Gasteiger partial charge < -0.3 is 18.9 Å². The van der Waals surface area contributed by atoms with Crippen LogP contribution in [0.4, 0.5) is 0 Å². The molecule has 4 nitrogen and oxygen atoms in total. The fourth-order valence-electron chi connectivity index (χ4n) is 3.09. The van der Waals surface area contributed by atoms with Gasteiger partial charge in [0.15, 0.2) is 0 Å². The van der Waals surface area contributed by atoms with Crippen molar-refractivity contribution in [3.05, 3.63) is 58.7 Å². The molecule has 0 amide bonds. The maximum absolute atomic E-state index is 6.06. The molecule has 0 N–H and O–H groups in total. The molecule has 4 heteroatoms. The first-order valence-electron chi connectivity index (χ1n) is 9.54. The Morgan fingerprint density at radius 3 is 2.11 bits per heavy atom. The Morgan fingerprint density at radius 1 is 0.889 bits per heavy atom. The van der Waals surface area contributed by atoms with Crippen LogP contribution in [0, 0.1) is 6.92 Å². The van der Waals surface area contributed by atoms with Gasteiger partial charge in [-0.05, 0) is 37.0 Å². The molecule has 0 bridgehead atoms. The van der Waals surface area contributed by atoms with E-state index in [1.54, 1.807) is 14.2 Å². The lowest BCUT2D eigenvalue weighted by atomic mass is 9.99. The van der Waals surface area contributed by atoms with Crippen LogP contribution in [0.5, 0.6) is 11.5 Å². The van der Waals surface area contributed by atoms with Gasteiger partial charge in [0.1, 0.15) is 24.7 Å². The molecule has 0 fully saturated rings. The van der Waals surface area contributed by atoms with Crippen LogP contribution in [0.25, 0.3) is 0 Å². The molecule has 0 radical (unpaired) electrons. The molecule has 1 unspecified atom stereocenters. The first-order valence-corrected chi connectivity index (χ1v) is 9.54. The zero-order chi connectivity index (χ0) is 19.6. The average Bonchev–Trinajstić information content (AvgIpc) is 2.66. The molecule has 0 heterocycles. The van der Waals surface area contributed by atoms with Gasteiger partial charge >= 0.3 is 0 Å². The molecule has 0 spiro atoms. The number of aryl methyl sites for hydroxylation is 1. The Morgan fingerprint density at radius 2 is 1.52 bits per heavy atom. The third-order valence-electron chi connectivity index (χ3n) is 4.62. The summed E-state index contributed by atoms with van der Waals surface area (Å²) in [6.07, 6.45) is 1.12. The van der Waals surface area contributed by atoms with Gasteiger partial charge in [-0.15, -0.1) is 0 Å². The number of benzene rings is 2. The van der Waals surface area contributed by atoms with Gasteiger partial charge in [-0.3, -0.25) is 0 Å². The quantitative estimate of drug-likeness (QED) is 0.504. The molecule has 27 heavy (non-hydrogen) atoms. The summed E-state index contributed by atoms with van der Waals surface area (Å²) in [6, 6.07) is 12.5. The molecule has 0 saturated heterocycles. The zero-order valence-corrected chi connectivity index (χ0v) is 17.2. The Labute approximate surface area is 163 Å². The third kappa shape index (κ3) is 6.26. The van der Waals surface area contributed by atoms with Crippen molar-refractivity contribution >= 4 is 0 Å². The van der Waals surface area contributed by atoms with Gasteiger partial charge in [-0.2, -0.15) is 0 Å². The highest BCUT2D eigenvalue weighted by Gasteiger charge is 2.12. The number of ether oxygens (including phenoxy) is 4. The van der Waals surface area contributed by atoms with Crippen LogP contribution in [-0.2, 0) is 22.7 Å². The van der Waals surface area contributed by atoms with Crippen molar-refractivity contribution in [1.82, 2.24) is 0 Å². The maximum Gasteiger partial charge on any atom is 0.130 e. The van der Waals surface area contributed by atoms with Crippen molar-refractivity contribution in [2.75, 3.05) is 27.4 Å². The summed E-state index contributed by atoms with van der Waals surface area (Å²) >= 11 is 0. The summed E-state index contributed by atoms with van der Waals surface area (Å²) in [6.45, 7) is 8.45. The van der Waals surface area contributed by atoms with E-state index in [-0.39, 0.29) is 0 Å². The Bertz CT molecular complexity index is 684. The second kappa shape index (κ2) is 11.0. The summed E-state index contributed by atoms with van der Waals surface area (Å²) in [5.41, 5.74) is 4.53. The topological polar surface area (TPSA) is 36.9 Å². The Kier molecular flexibility index (Phi) is 8.62. The summed E-state index contributed by atoms with van der Waals surface area (Å²) in [4.78, 5) is 0. The average molecular weight is 373 g/mol. The van der Waals surface area contributed by atoms with Crippen LogP contribution in [0.1, 0.15) is 48.4 Å². The standard InChI is InChI=1S/C23H32O4/c1-6-18(3)19-8-7-9-22(14-19)26-10-11-27-23-20(15-24-4)12-17(2)13-21(23)16-25-5/h7-9,12-14,18H,6,10-11,15-16H2,1-5H3. The molecular formula is C23H32O4. The normalized spacial score (nSPS) is 12.0. The first-order chi connectivity index (χ1) is 13.1. The molecule has 1 atom stereocenters. The van der Waals surface area contributed by atoms with Crippen LogP contribution in [-0.4, -0.2) is 27.4 Å². The van der Waals surface area contributed by atoms with Crippen LogP contribution in [0.2, 0.25) is 0 Å². The van der Waals surface area contributed by atoms with Gasteiger partial charge in [-0.25, -0.2) is 0 Å². The Hall–Kier alpha value is -2.04. The minimum atomic E-state index is 0.462. The van der Waals surface area contributed by atoms with Gasteiger partial charge in [0.25, 0.3) is 0 Å². The highest BCUT2D eigenvalue weighted by atomic mass is 16.5. The van der Waals surface area contributed by atoms with Crippen LogP contribution in [0.15, 0.2) is 36.4 Å². The van der Waals surface area contributed by atoms with Gasteiger partial charge in [0.05, 0.1) is 13.2 Å². The number of rotatable bonds is 11. The molecule has 0 saturated carbocycles. The minimum Gasteiger partial charge on any atom is -0.490 e. The predicted octanol–water partition coefficient (Wildman–Crippen LogP) is 5.26. The van der Waals surface area contributed by atoms with Gasteiger partial charge in [0.2, 0.25) is 0 Å². The largest absolute Gasteiger partial charge is 0.490 e. The molecule has 0 aliphatic heterocycles. The fourth-order valence-corrected chi connectivity index (χ4v) is 3.09. The second-order valence-electron chi connectivity index (χ2n) is 6.86. The van der Waals surface area contributed by atoms with Crippen molar-refractivity contribution < 1.29 is 18.9 Å². The van der Waals surface area contributed by atoms with E-state index in [0.717, 1.165) is 29.0 Å². The highest BCUT2D eigenvalue weighted by molar-refractivity contribution is 5.44. The SMILES string of the molecule is CCC(C)c1cccc(OCCOc2c(COC)cc(C)cc2COC)c1. The minimum absolute atomic E-state index is 0.462. The monoisotopic (exact) mass is 372 g/mol. The molecule has 0 aliphatic carbocycles. The summed E-state index contributed by atoms with van der Waals surface area (Å²) in [5, 5.41) is 0. The highest BCUT2D eigenvalue weighted by Crippen LogP contribution is 2.28. The second-order valence-corrected chi connectivity index (χ2v) is 6.86.